The fraction of sp³-hybridized carbons (Fsp3) is 0.622. The number of unbranched alkanes of at least 4 members (excludes halogenated alkanes) is 2. The zero-order chi connectivity index (χ0) is 103. The van der Waals surface area contributed by atoms with E-state index in [0.29, 0.717) is 52.9 Å². The van der Waals surface area contributed by atoms with Crippen LogP contribution in [0.5, 0.6) is 0 Å². The van der Waals surface area contributed by atoms with Gasteiger partial charge in [0.25, 0.3) is 0 Å². The van der Waals surface area contributed by atoms with E-state index in [0.717, 1.165) is 248 Å². The van der Waals surface area contributed by atoms with E-state index in [1.54, 1.807) is 25.2 Å². The number of nitrogens with zero attached hydrogens (tertiary/aromatic N) is 8. The van der Waals surface area contributed by atoms with Gasteiger partial charge in [-0.25, -0.2) is 38.4 Å². The molecule has 760 valence electrons. The number of terminal acetylenes is 4. The number of rotatable bonds is 58. The molecule has 0 fully saturated rings. The first kappa shape index (κ1) is 134. The van der Waals surface area contributed by atoms with Crippen molar-refractivity contribution in [1.29, 1.82) is 0 Å². The van der Waals surface area contributed by atoms with Crippen LogP contribution in [-0.4, -0.2) is 349 Å². The molecule has 0 radical (unpaired) electrons. The summed E-state index contributed by atoms with van der Waals surface area (Å²) in [6, 6.07) is 29.3. The van der Waals surface area contributed by atoms with Gasteiger partial charge in [-0.15, -0.1) is 25.7 Å². The molecule has 24 nitrogen and oxygen atoms in total. The number of esters is 8. The lowest BCUT2D eigenvalue weighted by molar-refractivity contribution is -0.927. The number of benzene rings is 3. The van der Waals surface area contributed by atoms with Gasteiger partial charge in [0.2, 0.25) is 0 Å². The molecule has 0 amide bonds. The zero-order valence-electron chi connectivity index (χ0n) is 89.2. The first-order valence-corrected chi connectivity index (χ1v) is 49.8. The smallest absolute Gasteiger partial charge is 0.384 e. The van der Waals surface area contributed by atoms with Crippen molar-refractivity contribution in [2.45, 2.75) is 196 Å². The minimum Gasteiger partial charge on any atom is -0.457 e. The maximum absolute atomic E-state index is 11.8. The second-order valence-electron chi connectivity index (χ2n) is 35.4. The summed E-state index contributed by atoms with van der Waals surface area (Å²) < 4.78 is 48.0. The molecule has 3 rings (SSSR count). The lowest BCUT2D eigenvalue weighted by atomic mass is 10.2. The summed E-state index contributed by atoms with van der Waals surface area (Å²) >= 11 is 0. The molecule has 135 heavy (non-hydrogen) atoms. The van der Waals surface area contributed by atoms with Crippen LogP contribution in [0, 0.1) is 61.2 Å². The average molecular weight is 1890 g/mol. The van der Waals surface area contributed by atoms with Crippen LogP contribution in [0.1, 0.15) is 212 Å². The molecular formula is C111H188N8O16+8. The summed E-state index contributed by atoms with van der Waals surface area (Å²) in [4.78, 5) is 88.9. The van der Waals surface area contributed by atoms with Crippen LogP contribution in [0.4, 0.5) is 0 Å². The van der Waals surface area contributed by atoms with Crippen molar-refractivity contribution in [3.8, 4) is 61.2 Å². The van der Waals surface area contributed by atoms with E-state index in [2.05, 4.69) is 141 Å². The quantitative estimate of drug-likeness (QED) is 0.0128. The molecule has 2 unspecified atom stereocenters. The predicted octanol–water partition coefficient (Wildman–Crippen LogP) is 16.5. The van der Waals surface area contributed by atoms with Crippen LogP contribution >= 0.6 is 0 Å². The Hall–Kier alpha value is -9.88. The van der Waals surface area contributed by atoms with Gasteiger partial charge in [-0.1, -0.05) is 165 Å². The minimum absolute atomic E-state index is 0.255. The fourth-order valence-electron chi connectivity index (χ4n) is 14.8. The van der Waals surface area contributed by atoms with Crippen LogP contribution in [0.2, 0.25) is 0 Å². The van der Waals surface area contributed by atoms with Crippen molar-refractivity contribution in [2.75, 3.05) is 265 Å². The average Bonchev–Trinajstić information content (AvgIpc) is 1.03. The van der Waals surface area contributed by atoms with E-state index >= 15 is 0 Å². The first-order chi connectivity index (χ1) is 64.3. The number of likely N-dealkylation sites (N-methyl/N-ethyl adjacent to an activating group) is 8. The monoisotopic (exact) mass is 1890 g/mol. The van der Waals surface area contributed by atoms with Gasteiger partial charge in [0, 0.05) is 47.8 Å². The summed E-state index contributed by atoms with van der Waals surface area (Å²) in [6.07, 6.45) is 41.3. The molecule has 24 heteroatoms. The van der Waals surface area contributed by atoms with Crippen molar-refractivity contribution >= 4 is 66.0 Å². The van der Waals surface area contributed by atoms with Gasteiger partial charge in [-0.05, 0) is 162 Å². The Balaban J connectivity index is -0.000000482. The minimum atomic E-state index is -0.585. The van der Waals surface area contributed by atoms with Gasteiger partial charge in [-0.3, -0.25) is 0 Å². The predicted molar refractivity (Wildman–Crippen MR) is 555 cm³/mol. The topological polar surface area (TPSA) is 210 Å². The molecule has 0 bridgehead atoms. The van der Waals surface area contributed by atoms with Gasteiger partial charge >= 0.3 is 47.8 Å². The van der Waals surface area contributed by atoms with Crippen LogP contribution in [0.3, 0.4) is 0 Å². The molecule has 0 aliphatic carbocycles. The summed E-state index contributed by atoms with van der Waals surface area (Å²) in [5.41, 5.74) is 3.03. The Morgan fingerprint density at radius 2 is 0.444 bits per heavy atom. The van der Waals surface area contributed by atoms with Crippen LogP contribution in [0.15, 0.2) is 109 Å². The third-order valence-electron chi connectivity index (χ3n) is 24.0. The molecule has 0 N–H and O–H groups in total. The largest absolute Gasteiger partial charge is 0.457 e. The van der Waals surface area contributed by atoms with E-state index in [9.17, 15) is 38.4 Å². The number of carbonyl (C=O) groups excluding carboxylic acids is 8. The van der Waals surface area contributed by atoms with Crippen LogP contribution in [0.25, 0.3) is 18.2 Å². The Bertz CT molecular complexity index is 3890. The van der Waals surface area contributed by atoms with Crippen molar-refractivity contribution in [2.24, 2.45) is 0 Å². The van der Waals surface area contributed by atoms with Crippen molar-refractivity contribution in [1.82, 2.24) is 0 Å². The van der Waals surface area contributed by atoms with Gasteiger partial charge in [0.1, 0.15) is 105 Å². The van der Waals surface area contributed by atoms with Crippen molar-refractivity contribution in [3.05, 3.63) is 126 Å². The van der Waals surface area contributed by atoms with E-state index in [-0.39, 0.29) is 17.9 Å². The van der Waals surface area contributed by atoms with Gasteiger partial charge < -0.3 is 73.8 Å². The molecule has 0 aromatic heterocycles. The molecule has 2 atom stereocenters. The van der Waals surface area contributed by atoms with Gasteiger partial charge in [-0.2, -0.15) is 0 Å². The lowest BCUT2D eigenvalue weighted by Crippen LogP contribution is -2.51. The highest BCUT2D eigenvalue weighted by Crippen LogP contribution is 2.17. The first-order valence-electron chi connectivity index (χ1n) is 49.8. The number of carbonyl (C=O) groups is 8. The van der Waals surface area contributed by atoms with Gasteiger partial charge in [0.05, 0.1) is 160 Å². The molecule has 0 spiro atoms. The Morgan fingerprint density at radius 3 is 0.630 bits per heavy atom. The lowest BCUT2D eigenvalue weighted by Gasteiger charge is -2.37. The molecular weight excluding hydrogens is 1700 g/mol. The standard InChI is InChI=1S/C20H32NO2.C19H30NO2.C17H26NO2.C14H26NO2.C13H24NO2.C11H20NO2.C9H16NO2.C8H14NO2/c1-4-7-16-21(6-3,15-5-2)17-18-23-20(22)14-13-19-11-9-8-10-12-19;1-4-14-20(6-3,15-5-2)16-17-22-19(21)13-12-18-10-8-7-9-11-18;1-4-18(5-2,6-3)14-15-20-17(19)13-12-16-10-8-7-9-11-16;1-5-9-11-15(8-4,10-6-2)12-13-17-14(16)7-3;1-5-9-14(8-4,10-6-2)11-12-16-13(15)7-3;1-5-11(13)14-10-9-12(6-2,7-3)8-4;1-5-6-9(11)12-8-7-10(2,3)4;1-5-8(10)11-7-6-9(2,3)4/h8-14H,4-7,15-18H2,1-3H3;7-13H,4-6,14-17H2,1-3H3;7-13H,4-6,14-15H2,1-3H3;3H,5-6,8-13H2,1-2,4H3;3H,5-6,8-12H2,1-2,4H3;1H,6-10H2,2-4H3;7-8H2,1-4H3;1H,6-7H2,2-4H3/q8*+1/b14-13+;2*13-12+;;;;;. The summed E-state index contributed by atoms with van der Waals surface area (Å²) in [7, 11) is 12.2. The zero-order valence-corrected chi connectivity index (χ0v) is 89.2. The highest BCUT2D eigenvalue weighted by Gasteiger charge is 2.29. The van der Waals surface area contributed by atoms with E-state index in [1.807, 2.05) is 157 Å². The number of quaternary nitrogens is 8. The van der Waals surface area contributed by atoms with Crippen molar-refractivity contribution < 1.29 is 112 Å². The maximum Gasteiger partial charge on any atom is 0.384 e. The third kappa shape index (κ3) is 72.2. The molecule has 0 heterocycles. The third-order valence-corrected chi connectivity index (χ3v) is 24.0. The highest BCUT2D eigenvalue weighted by atomic mass is 16.6. The second-order valence-corrected chi connectivity index (χ2v) is 35.4. The molecule has 3 aromatic rings. The highest BCUT2D eigenvalue weighted by molar-refractivity contribution is 5.90. The molecule has 0 aliphatic rings. The molecule has 3 aromatic carbocycles. The molecule has 0 saturated carbocycles. The summed E-state index contributed by atoms with van der Waals surface area (Å²) in [5.74, 6) is 9.09. The maximum atomic E-state index is 11.8. The number of hydrogen-bond donors (Lipinski definition) is 0. The second kappa shape index (κ2) is 83.5. The van der Waals surface area contributed by atoms with E-state index in [1.165, 1.54) is 56.9 Å². The Morgan fingerprint density at radius 1 is 0.252 bits per heavy atom. The number of hydrogen-bond acceptors (Lipinski definition) is 16. The Labute approximate surface area is 821 Å². The fourth-order valence-corrected chi connectivity index (χ4v) is 14.8. The Kier molecular flexibility index (Phi) is 82.6. The van der Waals surface area contributed by atoms with Crippen LogP contribution in [-0.2, 0) is 76.3 Å². The van der Waals surface area contributed by atoms with Crippen LogP contribution < -0.4 is 0 Å². The molecule has 0 saturated heterocycles. The summed E-state index contributed by atoms with van der Waals surface area (Å²) in [6.45, 7) is 71.5. The normalized spacial score (nSPS) is 11.9. The van der Waals surface area contributed by atoms with Gasteiger partial charge in [0.15, 0.2) is 0 Å². The van der Waals surface area contributed by atoms with Crippen molar-refractivity contribution in [3.63, 3.8) is 0 Å². The van der Waals surface area contributed by atoms with E-state index < -0.39 is 29.8 Å². The number of ether oxygens (including phenoxy) is 8. The molecule has 0 aliphatic heterocycles. The SMILES string of the molecule is C#CC(=O)OCC[N+](C)(C)C.C#CC(=O)OCC[N+](CC)(CC)CC.C#CC(=O)OCC[N+](CC)(CCC)CCC.C#CC(=O)OCC[N+](CC)(CCC)CCCC.CC#CC(=O)OCC[N+](C)(C)C.CCCC[N+](CC)(CCC)CCOC(=O)/C=C/c1ccccc1.CCC[N+](CC)(CCC)CCOC(=O)/C=C/c1ccccc1.CC[N+](CC)(CC)CCOC(=O)/C=C/c1ccccc1. The summed E-state index contributed by atoms with van der Waals surface area (Å²) in [5, 5.41) is 0. The van der Waals surface area contributed by atoms with E-state index in [4.69, 9.17) is 58.9 Å².